The molecule has 2 atom stereocenters. The van der Waals surface area contributed by atoms with E-state index in [1.54, 1.807) is 0 Å². The molecule has 0 aliphatic carbocycles. The van der Waals surface area contributed by atoms with E-state index in [2.05, 4.69) is 39.8 Å². The fraction of sp³-hybridized carbons (Fsp3) is 0.462. The van der Waals surface area contributed by atoms with Crippen LogP contribution >= 0.6 is 27.7 Å². The van der Waals surface area contributed by atoms with Gasteiger partial charge in [-0.3, -0.25) is 0 Å². The minimum absolute atomic E-state index is 0.128. The van der Waals surface area contributed by atoms with E-state index in [0.29, 0.717) is 16.9 Å². The Hall–Kier alpha value is -0.880. The zero-order valence-electron chi connectivity index (χ0n) is 11.0. The Kier molecular flexibility index (Phi) is 4.62. The number of nitrogens with zero attached hydrogens (tertiary/aromatic N) is 2. The Balaban J connectivity index is 2.30. The van der Waals surface area contributed by atoms with Gasteiger partial charge in [0.05, 0.1) is 5.69 Å². The van der Waals surface area contributed by atoms with E-state index in [1.807, 2.05) is 30.0 Å². The summed E-state index contributed by atoms with van der Waals surface area (Å²) in [5.74, 6) is 1.27. The fourth-order valence-corrected chi connectivity index (χ4v) is 3.94. The summed E-state index contributed by atoms with van der Waals surface area (Å²) in [6.45, 7) is 5.55. The molecule has 0 amide bonds. The van der Waals surface area contributed by atoms with Gasteiger partial charge in [0.1, 0.15) is 0 Å². The van der Waals surface area contributed by atoms with Crippen molar-refractivity contribution in [2.45, 2.75) is 25.1 Å². The molecular formula is C13H18BrN3OS. The molecule has 3 N–H and O–H groups in total. The van der Waals surface area contributed by atoms with E-state index in [0.717, 1.165) is 22.5 Å². The Morgan fingerprint density at radius 1 is 1.53 bits per heavy atom. The highest BCUT2D eigenvalue weighted by Crippen LogP contribution is 2.34. The average molecular weight is 344 g/mol. The van der Waals surface area contributed by atoms with Crippen molar-refractivity contribution in [1.82, 2.24) is 0 Å². The molecule has 0 spiro atoms. The van der Waals surface area contributed by atoms with Gasteiger partial charge >= 0.3 is 0 Å². The molecule has 1 fully saturated rings. The van der Waals surface area contributed by atoms with E-state index < -0.39 is 0 Å². The Labute approximate surface area is 126 Å². The molecular weight excluding hydrogens is 326 g/mol. The SMILES string of the molecule is CC1SCCN(c2ccc(/C(N)=N/O)cc2Br)C1C. The van der Waals surface area contributed by atoms with Gasteiger partial charge in [0, 0.05) is 33.6 Å². The van der Waals surface area contributed by atoms with Crippen molar-refractivity contribution in [1.29, 1.82) is 0 Å². The van der Waals surface area contributed by atoms with Crippen molar-refractivity contribution in [3.63, 3.8) is 0 Å². The van der Waals surface area contributed by atoms with E-state index >= 15 is 0 Å². The van der Waals surface area contributed by atoms with Crippen LogP contribution in [0.25, 0.3) is 0 Å². The average Bonchev–Trinajstić information content (AvgIpc) is 2.41. The zero-order valence-corrected chi connectivity index (χ0v) is 13.4. The predicted molar refractivity (Wildman–Crippen MR) is 85.4 cm³/mol. The lowest BCUT2D eigenvalue weighted by Crippen LogP contribution is -2.44. The van der Waals surface area contributed by atoms with Crippen LogP contribution in [0.15, 0.2) is 27.8 Å². The van der Waals surface area contributed by atoms with Crippen LogP contribution < -0.4 is 10.6 Å². The third-order valence-electron chi connectivity index (χ3n) is 3.54. The smallest absolute Gasteiger partial charge is 0.170 e. The zero-order chi connectivity index (χ0) is 14.0. The van der Waals surface area contributed by atoms with Gasteiger partial charge in [0.2, 0.25) is 0 Å². The van der Waals surface area contributed by atoms with Gasteiger partial charge in [-0.2, -0.15) is 11.8 Å². The number of oxime groups is 1. The molecule has 1 saturated heterocycles. The number of amidine groups is 1. The first-order valence-corrected chi connectivity index (χ1v) is 8.04. The number of hydrogen-bond acceptors (Lipinski definition) is 4. The largest absolute Gasteiger partial charge is 0.409 e. The van der Waals surface area contributed by atoms with Crippen LogP contribution in [0.4, 0.5) is 5.69 Å². The van der Waals surface area contributed by atoms with Crippen LogP contribution in [0, 0.1) is 0 Å². The lowest BCUT2D eigenvalue weighted by Gasteiger charge is -2.39. The lowest BCUT2D eigenvalue weighted by molar-refractivity contribution is 0.318. The molecule has 19 heavy (non-hydrogen) atoms. The van der Waals surface area contributed by atoms with Crippen molar-refractivity contribution < 1.29 is 5.21 Å². The number of rotatable bonds is 2. The van der Waals surface area contributed by atoms with Crippen LogP contribution in [0.2, 0.25) is 0 Å². The summed E-state index contributed by atoms with van der Waals surface area (Å²) >= 11 is 5.60. The summed E-state index contributed by atoms with van der Waals surface area (Å²) in [6.07, 6.45) is 0. The first kappa shape index (κ1) is 14.5. The molecule has 0 aromatic heterocycles. The number of anilines is 1. The van der Waals surface area contributed by atoms with Crippen LogP contribution in [-0.2, 0) is 0 Å². The van der Waals surface area contributed by atoms with E-state index in [9.17, 15) is 0 Å². The third kappa shape index (κ3) is 3.00. The number of nitrogens with two attached hydrogens (primary N) is 1. The summed E-state index contributed by atoms with van der Waals surface area (Å²) < 4.78 is 0.975. The predicted octanol–water partition coefficient (Wildman–Crippen LogP) is 2.87. The van der Waals surface area contributed by atoms with E-state index in [4.69, 9.17) is 10.9 Å². The summed E-state index contributed by atoms with van der Waals surface area (Å²) in [5.41, 5.74) is 7.48. The van der Waals surface area contributed by atoms with Crippen LogP contribution in [0.1, 0.15) is 19.4 Å². The maximum absolute atomic E-state index is 8.71. The van der Waals surface area contributed by atoms with Crippen LogP contribution in [0.5, 0.6) is 0 Å². The minimum Gasteiger partial charge on any atom is -0.409 e. The minimum atomic E-state index is 0.128. The molecule has 1 aliphatic rings. The summed E-state index contributed by atoms with van der Waals surface area (Å²) in [4.78, 5) is 2.40. The van der Waals surface area contributed by atoms with Gasteiger partial charge in [-0.1, -0.05) is 12.1 Å². The summed E-state index contributed by atoms with van der Waals surface area (Å²) in [7, 11) is 0. The van der Waals surface area contributed by atoms with Crippen molar-refractivity contribution >= 4 is 39.2 Å². The topological polar surface area (TPSA) is 61.8 Å². The van der Waals surface area contributed by atoms with Gasteiger partial charge in [0.15, 0.2) is 5.84 Å². The second kappa shape index (κ2) is 6.05. The van der Waals surface area contributed by atoms with Gasteiger partial charge in [-0.05, 0) is 41.1 Å². The molecule has 6 heteroatoms. The van der Waals surface area contributed by atoms with Crippen molar-refractivity contribution in [3.05, 3.63) is 28.2 Å². The second-order valence-corrected chi connectivity index (χ2v) is 7.00. The maximum atomic E-state index is 8.71. The number of halogens is 1. The van der Waals surface area contributed by atoms with Gasteiger partial charge in [0.25, 0.3) is 0 Å². The molecule has 1 heterocycles. The molecule has 104 valence electrons. The van der Waals surface area contributed by atoms with Gasteiger partial charge in [-0.25, -0.2) is 0 Å². The molecule has 0 bridgehead atoms. The molecule has 0 saturated carbocycles. The molecule has 0 radical (unpaired) electrons. The monoisotopic (exact) mass is 343 g/mol. The number of thioether (sulfide) groups is 1. The third-order valence-corrected chi connectivity index (χ3v) is 5.52. The molecule has 4 nitrogen and oxygen atoms in total. The van der Waals surface area contributed by atoms with Crippen molar-refractivity contribution in [2.75, 3.05) is 17.2 Å². The molecule has 1 aromatic rings. The molecule has 1 aromatic carbocycles. The Morgan fingerprint density at radius 3 is 2.89 bits per heavy atom. The molecule has 2 rings (SSSR count). The molecule has 1 aliphatic heterocycles. The highest BCUT2D eigenvalue weighted by Gasteiger charge is 2.26. The van der Waals surface area contributed by atoms with Crippen LogP contribution in [-0.4, -0.2) is 34.6 Å². The van der Waals surface area contributed by atoms with Crippen molar-refractivity contribution in [2.24, 2.45) is 10.9 Å². The summed E-state index contributed by atoms with van der Waals surface area (Å²) in [5, 5.41) is 12.3. The molecule has 2 unspecified atom stereocenters. The van der Waals surface area contributed by atoms with Gasteiger partial charge in [-0.15, -0.1) is 0 Å². The highest BCUT2D eigenvalue weighted by atomic mass is 79.9. The number of benzene rings is 1. The Morgan fingerprint density at radius 2 is 2.26 bits per heavy atom. The van der Waals surface area contributed by atoms with Crippen LogP contribution in [0.3, 0.4) is 0 Å². The highest BCUT2D eigenvalue weighted by molar-refractivity contribution is 9.10. The van der Waals surface area contributed by atoms with E-state index in [-0.39, 0.29) is 5.84 Å². The summed E-state index contributed by atoms with van der Waals surface area (Å²) in [6, 6.07) is 6.29. The second-order valence-electron chi connectivity index (χ2n) is 4.66. The van der Waals surface area contributed by atoms with Gasteiger partial charge < -0.3 is 15.8 Å². The lowest BCUT2D eigenvalue weighted by atomic mass is 10.1. The maximum Gasteiger partial charge on any atom is 0.170 e. The van der Waals surface area contributed by atoms with Crippen molar-refractivity contribution in [3.8, 4) is 0 Å². The normalized spacial score (nSPS) is 24.6. The first-order chi connectivity index (χ1) is 9.04. The fourth-order valence-electron chi connectivity index (χ4n) is 2.23. The van der Waals surface area contributed by atoms with E-state index in [1.165, 1.54) is 0 Å². The Bertz CT molecular complexity index is 495. The quantitative estimate of drug-likeness (QED) is 0.375. The number of hydrogen-bond donors (Lipinski definition) is 2. The first-order valence-electron chi connectivity index (χ1n) is 6.20. The standard InChI is InChI=1S/C13H18BrN3OS/c1-8-9(2)19-6-5-17(8)12-4-3-10(7-11(12)14)13(15)16-18/h3-4,7-9,18H,5-6H2,1-2H3,(H2,15,16).